The Hall–Kier alpha value is -0.580. The third-order valence-corrected chi connectivity index (χ3v) is 3.44. The molecule has 0 saturated carbocycles. The van der Waals surface area contributed by atoms with Crippen molar-refractivity contribution in [2.24, 2.45) is 0 Å². The van der Waals surface area contributed by atoms with Gasteiger partial charge in [-0.3, -0.25) is 0 Å². The molecule has 98 valence electrons. The minimum Gasteiger partial charge on any atom is -0.463 e. The zero-order valence-corrected chi connectivity index (χ0v) is 12.7. The monoisotopic (exact) mass is 333 g/mol. The molecule has 18 heavy (non-hydrogen) atoms. The van der Waals surface area contributed by atoms with Crippen molar-refractivity contribution >= 4 is 38.5 Å². The van der Waals surface area contributed by atoms with Crippen molar-refractivity contribution in [1.82, 2.24) is 5.32 Å². The first-order valence-electron chi connectivity index (χ1n) is 5.58. The van der Waals surface area contributed by atoms with E-state index in [4.69, 9.17) is 16.0 Å². The molecule has 0 aliphatic heterocycles. The highest BCUT2D eigenvalue weighted by molar-refractivity contribution is 9.10. The van der Waals surface area contributed by atoms with Gasteiger partial charge in [0.05, 0.1) is 21.1 Å². The lowest BCUT2D eigenvalue weighted by atomic mass is 10.1. The Morgan fingerprint density at radius 1 is 1.44 bits per heavy atom. The molecular weight excluding hydrogens is 321 g/mol. The number of furan rings is 1. The molecule has 1 aromatic carbocycles. The quantitative estimate of drug-likeness (QED) is 0.792. The van der Waals surface area contributed by atoms with E-state index in [0.29, 0.717) is 22.0 Å². The van der Waals surface area contributed by atoms with Gasteiger partial charge in [-0.25, -0.2) is 4.39 Å². The van der Waals surface area contributed by atoms with Gasteiger partial charge in [0.2, 0.25) is 0 Å². The number of nitrogens with one attached hydrogen (secondary N) is 1. The van der Waals surface area contributed by atoms with Crippen LogP contribution in [0, 0.1) is 5.82 Å². The van der Waals surface area contributed by atoms with E-state index in [0.717, 1.165) is 5.56 Å². The highest BCUT2D eigenvalue weighted by Gasteiger charge is 2.18. The van der Waals surface area contributed by atoms with E-state index in [9.17, 15) is 4.39 Å². The standard InChI is InChI=1S/C13H14BrClFNO/c1-13(2,3)17-5-7-6-18-12-8(14)4-9(15)11(16)10(7)12/h4,6,17H,5H2,1-3H3. The number of benzene rings is 1. The van der Waals surface area contributed by atoms with Crippen molar-refractivity contribution in [3.05, 3.63) is 33.2 Å². The van der Waals surface area contributed by atoms with Crippen molar-refractivity contribution in [1.29, 1.82) is 0 Å². The molecule has 0 bridgehead atoms. The van der Waals surface area contributed by atoms with Crippen LogP contribution in [0.2, 0.25) is 5.02 Å². The maximum atomic E-state index is 14.1. The molecule has 0 saturated heterocycles. The van der Waals surface area contributed by atoms with E-state index in [2.05, 4.69) is 42.0 Å². The fraction of sp³-hybridized carbons (Fsp3) is 0.385. The Balaban J connectivity index is 2.47. The summed E-state index contributed by atoms with van der Waals surface area (Å²) in [5, 5.41) is 3.82. The smallest absolute Gasteiger partial charge is 0.153 e. The van der Waals surface area contributed by atoms with Gasteiger partial charge in [-0.2, -0.15) is 0 Å². The molecule has 2 rings (SSSR count). The zero-order valence-electron chi connectivity index (χ0n) is 10.4. The number of rotatable bonds is 2. The molecular formula is C13H14BrClFNO. The van der Waals surface area contributed by atoms with Crippen LogP contribution in [0.4, 0.5) is 4.39 Å². The van der Waals surface area contributed by atoms with Crippen molar-refractivity contribution in [3.63, 3.8) is 0 Å². The van der Waals surface area contributed by atoms with Crippen molar-refractivity contribution in [3.8, 4) is 0 Å². The first kappa shape index (κ1) is 13.8. The summed E-state index contributed by atoms with van der Waals surface area (Å²) in [5.74, 6) is -0.436. The van der Waals surface area contributed by atoms with E-state index in [-0.39, 0.29) is 10.6 Å². The predicted molar refractivity (Wildman–Crippen MR) is 75.5 cm³/mol. The summed E-state index contributed by atoms with van der Waals surface area (Å²) >= 11 is 9.17. The van der Waals surface area contributed by atoms with Crippen LogP contribution in [0.3, 0.4) is 0 Å². The average Bonchev–Trinajstić information content (AvgIpc) is 2.66. The van der Waals surface area contributed by atoms with Crippen LogP contribution < -0.4 is 5.32 Å². The maximum absolute atomic E-state index is 14.1. The molecule has 2 aromatic rings. The molecule has 0 unspecified atom stereocenters. The SMILES string of the molecule is CC(C)(C)NCc1coc2c(Br)cc(Cl)c(F)c12. The summed E-state index contributed by atoms with van der Waals surface area (Å²) in [5.41, 5.74) is 1.21. The van der Waals surface area contributed by atoms with Crippen LogP contribution >= 0.6 is 27.5 Å². The summed E-state index contributed by atoms with van der Waals surface area (Å²) in [4.78, 5) is 0. The van der Waals surface area contributed by atoms with Gasteiger partial charge in [-0.15, -0.1) is 0 Å². The van der Waals surface area contributed by atoms with Gasteiger partial charge in [0.25, 0.3) is 0 Å². The first-order chi connectivity index (χ1) is 8.29. The molecule has 1 heterocycles. The lowest BCUT2D eigenvalue weighted by Gasteiger charge is -2.20. The lowest BCUT2D eigenvalue weighted by molar-refractivity contribution is 0.423. The third-order valence-electron chi connectivity index (χ3n) is 2.58. The summed E-state index contributed by atoms with van der Waals surface area (Å²) in [6, 6.07) is 1.50. The maximum Gasteiger partial charge on any atom is 0.153 e. The Bertz CT molecular complexity index is 589. The van der Waals surface area contributed by atoms with Crippen molar-refractivity contribution in [2.45, 2.75) is 32.9 Å². The Morgan fingerprint density at radius 2 is 2.11 bits per heavy atom. The Morgan fingerprint density at radius 3 is 2.72 bits per heavy atom. The summed E-state index contributed by atoms with van der Waals surface area (Å²) in [7, 11) is 0. The van der Waals surface area contributed by atoms with E-state index < -0.39 is 5.82 Å². The van der Waals surface area contributed by atoms with Gasteiger partial charge >= 0.3 is 0 Å². The molecule has 5 heteroatoms. The Labute approximate surface area is 119 Å². The molecule has 0 aliphatic rings. The van der Waals surface area contributed by atoms with Crippen LogP contribution in [0.5, 0.6) is 0 Å². The molecule has 0 amide bonds. The third kappa shape index (κ3) is 2.71. The van der Waals surface area contributed by atoms with Gasteiger partial charge in [0.15, 0.2) is 11.4 Å². The topological polar surface area (TPSA) is 25.2 Å². The van der Waals surface area contributed by atoms with Gasteiger partial charge in [0, 0.05) is 17.6 Å². The fourth-order valence-electron chi connectivity index (χ4n) is 1.66. The molecule has 0 fully saturated rings. The van der Waals surface area contributed by atoms with Gasteiger partial charge in [-0.1, -0.05) is 11.6 Å². The second kappa shape index (κ2) is 4.83. The van der Waals surface area contributed by atoms with E-state index >= 15 is 0 Å². The first-order valence-corrected chi connectivity index (χ1v) is 6.75. The predicted octanol–water partition coefficient (Wildman–Crippen LogP) is 4.88. The van der Waals surface area contributed by atoms with Crippen LogP contribution in [0.15, 0.2) is 21.2 Å². The molecule has 0 atom stereocenters. The minimum atomic E-state index is -0.436. The minimum absolute atomic E-state index is 0.0458. The van der Waals surface area contributed by atoms with E-state index in [1.165, 1.54) is 6.07 Å². The van der Waals surface area contributed by atoms with Crippen LogP contribution in [0.25, 0.3) is 11.0 Å². The number of hydrogen-bond acceptors (Lipinski definition) is 2. The lowest BCUT2D eigenvalue weighted by Crippen LogP contribution is -2.35. The number of hydrogen-bond donors (Lipinski definition) is 1. The van der Waals surface area contributed by atoms with Gasteiger partial charge in [0.1, 0.15) is 0 Å². The molecule has 0 radical (unpaired) electrons. The largest absolute Gasteiger partial charge is 0.463 e. The van der Waals surface area contributed by atoms with Crippen LogP contribution in [-0.2, 0) is 6.54 Å². The fourth-order valence-corrected chi connectivity index (χ4v) is 2.52. The second-order valence-electron chi connectivity index (χ2n) is 5.22. The van der Waals surface area contributed by atoms with Gasteiger partial charge in [-0.05, 0) is 42.8 Å². The molecule has 1 N–H and O–H groups in total. The molecule has 1 aromatic heterocycles. The van der Waals surface area contributed by atoms with E-state index in [1.54, 1.807) is 6.26 Å². The van der Waals surface area contributed by atoms with Crippen LogP contribution in [-0.4, -0.2) is 5.54 Å². The molecule has 0 aliphatic carbocycles. The summed E-state index contributed by atoms with van der Waals surface area (Å²) in [6.07, 6.45) is 1.56. The zero-order chi connectivity index (χ0) is 13.5. The highest BCUT2D eigenvalue weighted by atomic mass is 79.9. The van der Waals surface area contributed by atoms with Gasteiger partial charge < -0.3 is 9.73 Å². The van der Waals surface area contributed by atoms with Crippen molar-refractivity contribution < 1.29 is 8.81 Å². The van der Waals surface area contributed by atoms with Crippen molar-refractivity contribution in [2.75, 3.05) is 0 Å². The average molecular weight is 335 g/mol. The molecule has 2 nitrogen and oxygen atoms in total. The number of fused-ring (bicyclic) bond motifs is 1. The van der Waals surface area contributed by atoms with E-state index in [1.807, 2.05) is 0 Å². The summed E-state index contributed by atoms with van der Waals surface area (Å²) in [6.45, 7) is 6.68. The Kier molecular flexibility index (Phi) is 3.72. The summed E-state index contributed by atoms with van der Waals surface area (Å²) < 4.78 is 20.1. The number of halogens is 3. The second-order valence-corrected chi connectivity index (χ2v) is 6.48. The normalized spacial score (nSPS) is 12.3. The highest BCUT2D eigenvalue weighted by Crippen LogP contribution is 2.35. The van der Waals surface area contributed by atoms with Crippen LogP contribution in [0.1, 0.15) is 26.3 Å². The molecule has 0 spiro atoms.